The zero-order chi connectivity index (χ0) is 11.5. The molecule has 1 aliphatic rings. The predicted molar refractivity (Wildman–Crippen MR) is 72.0 cm³/mol. The minimum absolute atomic E-state index is 0.119. The van der Waals surface area contributed by atoms with E-state index in [1.54, 1.807) is 0 Å². The number of nitrogens with zero attached hydrogens (tertiary/aromatic N) is 1. The van der Waals surface area contributed by atoms with Gasteiger partial charge >= 0.3 is 0 Å². The molecule has 0 radical (unpaired) electrons. The van der Waals surface area contributed by atoms with Crippen molar-refractivity contribution in [2.45, 2.75) is 12.5 Å². The summed E-state index contributed by atoms with van der Waals surface area (Å²) in [5.41, 5.74) is 0.758. The molecule has 2 rings (SSSR count). The second kappa shape index (κ2) is 5.23. The third kappa shape index (κ3) is 2.61. The average Bonchev–Trinajstić information content (AvgIpc) is 2.80. The van der Waals surface area contributed by atoms with Crippen molar-refractivity contribution in [3.05, 3.63) is 34.3 Å². The first-order valence-electron chi connectivity index (χ1n) is 5.29. The van der Waals surface area contributed by atoms with Crippen LogP contribution in [0.3, 0.4) is 0 Å². The molecule has 1 saturated heterocycles. The number of hydrogen-bond acceptors (Lipinski definition) is 2. The Balaban J connectivity index is 2.12. The minimum atomic E-state index is 0.119. The number of halogens is 1. The summed E-state index contributed by atoms with van der Waals surface area (Å²) < 4.78 is 0.951. The minimum Gasteiger partial charge on any atom is -0.338 e. The third-order valence-corrected chi connectivity index (χ3v) is 4.48. The average molecular weight is 300 g/mol. The van der Waals surface area contributed by atoms with Gasteiger partial charge in [0.2, 0.25) is 0 Å². The van der Waals surface area contributed by atoms with Crippen LogP contribution in [0.5, 0.6) is 0 Å². The van der Waals surface area contributed by atoms with Crippen molar-refractivity contribution in [1.29, 1.82) is 0 Å². The highest BCUT2D eigenvalue weighted by Crippen LogP contribution is 2.23. The highest BCUT2D eigenvalue weighted by Gasteiger charge is 2.24. The van der Waals surface area contributed by atoms with Crippen molar-refractivity contribution in [2.75, 3.05) is 18.6 Å². The van der Waals surface area contributed by atoms with Crippen LogP contribution in [0, 0.1) is 0 Å². The molecule has 2 nitrogen and oxygen atoms in total. The number of amides is 1. The molecule has 1 atom stereocenters. The summed E-state index contributed by atoms with van der Waals surface area (Å²) in [4.78, 5) is 14.1. The number of carbonyl (C=O) groups is 1. The molecule has 1 aromatic rings. The Hall–Kier alpha value is -0.480. The molecule has 1 aliphatic heterocycles. The topological polar surface area (TPSA) is 20.3 Å². The molecular formula is C12H14BrNOS. The first-order valence-corrected chi connectivity index (χ1v) is 7.24. The molecule has 86 valence electrons. The van der Waals surface area contributed by atoms with E-state index >= 15 is 0 Å². The molecule has 0 N–H and O–H groups in total. The summed E-state index contributed by atoms with van der Waals surface area (Å²) >= 11 is 5.31. The van der Waals surface area contributed by atoms with Gasteiger partial charge in [0, 0.05) is 28.9 Å². The number of benzene rings is 1. The molecule has 0 bridgehead atoms. The van der Waals surface area contributed by atoms with Crippen LogP contribution < -0.4 is 0 Å². The molecule has 1 unspecified atom stereocenters. The maximum absolute atomic E-state index is 12.2. The Bertz CT molecular complexity index is 390. The van der Waals surface area contributed by atoms with Gasteiger partial charge in [-0.15, -0.1) is 0 Å². The van der Waals surface area contributed by atoms with Crippen LogP contribution in [0.15, 0.2) is 28.7 Å². The van der Waals surface area contributed by atoms with Crippen molar-refractivity contribution in [1.82, 2.24) is 4.90 Å². The van der Waals surface area contributed by atoms with Crippen LogP contribution >= 0.6 is 27.7 Å². The van der Waals surface area contributed by atoms with Crippen molar-refractivity contribution in [3.63, 3.8) is 0 Å². The lowest BCUT2D eigenvalue weighted by Crippen LogP contribution is -2.36. The van der Waals surface area contributed by atoms with Crippen molar-refractivity contribution < 1.29 is 4.79 Å². The molecule has 0 aromatic heterocycles. The summed E-state index contributed by atoms with van der Waals surface area (Å²) in [6.45, 7) is 0. The van der Waals surface area contributed by atoms with Gasteiger partial charge in [0.05, 0.1) is 0 Å². The van der Waals surface area contributed by atoms with E-state index in [2.05, 4.69) is 15.9 Å². The first kappa shape index (κ1) is 12.0. The Morgan fingerprint density at radius 1 is 1.56 bits per heavy atom. The summed E-state index contributed by atoms with van der Waals surface area (Å²) in [7, 11) is 1.90. The molecule has 1 fully saturated rings. The molecule has 4 heteroatoms. The van der Waals surface area contributed by atoms with Crippen LogP contribution in [-0.4, -0.2) is 35.4 Å². The number of hydrogen-bond donors (Lipinski definition) is 0. The standard InChI is InChI=1S/C12H14BrNOS/c1-14(11-5-6-16-8-11)12(15)9-3-2-4-10(13)7-9/h2-4,7,11H,5-6,8H2,1H3. The Morgan fingerprint density at radius 3 is 3.00 bits per heavy atom. The Labute approximate surface area is 109 Å². The quantitative estimate of drug-likeness (QED) is 0.837. The van der Waals surface area contributed by atoms with Gasteiger partial charge in [0.15, 0.2) is 0 Å². The first-order chi connectivity index (χ1) is 7.68. The lowest BCUT2D eigenvalue weighted by molar-refractivity contribution is 0.0748. The van der Waals surface area contributed by atoms with E-state index in [9.17, 15) is 4.79 Å². The van der Waals surface area contributed by atoms with Crippen molar-refractivity contribution >= 4 is 33.6 Å². The number of rotatable bonds is 2. The Kier molecular flexibility index (Phi) is 3.92. The van der Waals surface area contributed by atoms with E-state index in [0.717, 1.165) is 22.2 Å². The van der Waals surface area contributed by atoms with E-state index in [-0.39, 0.29) is 5.91 Å². The number of thioether (sulfide) groups is 1. The normalized spacial score (nSPS) is 19.8. The van der Waals surface area contributed by atoms with E-state index in [0.29, 0.717) is 6.04 Å². The smallest absolute Gasteiger partial charge is 0.253 e. The second-order valence-corrected chi connectivity index (χ2v) is 6.01. The summed E-state index contributed by atoms with van der Waals surface area (Å²) in [5, 5.41) is 0. The molecule has 0 saturated carbocycles. The lowest BCUT2D eigenvalue weighted by Gasteiger charge is -2.23. The van der Waals surface area contributed by atoms with Gasteiger partial charge in [-0.3, -0.25) is 4.79 Å². The van der Waals surface area contributed by atoms with Crippen LogP contribution in [-0.2, 0) is 0 Å². The van der Waals surface area contributed by atoms with Gasteiger partial charge in [-0.05, 0) is 30.4 Å². The van der Waals surface area contributed by atoms with E-state index in [4.69, 9.17) is 0 Å². The van der Waals surface area contributed by atoms with Gasteiger partial charge in [0.1, 0.15) is 0 Å². The largest absolute Gasteiger partial charge is 0.338 e. The fraction of sp³-hybridized carbons (Fsp3) is 0.417. The fourth-order valence-electron chi connectivity index (χ4n) is 1.82. The maximum Gasteiger partial charge on any atom is 0.253 e. The Morgan fingerprint density at radius 2 is 2.38 bits per heavy atom. The second-order valence-electron chi connectivity index (χ2n) is 3.94. The predicted octanol–water partition coefficient (Wildman–Crippen LogP) is 3.03. The highest BCUT2D eigenvalue weighted by atomic mass is 79.9. The molecule has 1 aromatic carbocycles. The SMILES string of the molecule is CN(C(=O)c1cccc(Br)c1)C1CCSC1. The zero-order valence-corrected chi connectivity index (χ0v) is 11.6. The summed E-state index contributed by atoms with van der Waals surface area (Å²) in [6.07, 6.45) is 1.11. The third-order valence-electron chi connectivity index (χ3n) is 2.85. The van der Waals surface area contributed by atoms with Gasteiger partial charge in [-0.2, -0.15) is 11.8 Å². The van der Waals surface area contributed by atoms with Crippen LogP contribution in [0.2, 0.25) is 0 Å². The van der Waals surface area contributed by atoms with Crippen molar-refractivity contribution in [2.24, 2.45) is 0 Å². The summed E-state index contributed by atoms with van der Waals surface area (Å²) in [6, 6.07) is 7.97. The molecule has 0 aliphatic carbocycles. The molecule has 1 amide bonds. The molecule has 16 heavy (non-hydrogen) atoms. The highest BCUT2D eigenvalue weighted by molar-refractivity contribution is 9.10. The van der Waals surface area contributed by atoms with Crippen LogP contribution in [0.1, 0.15) is 16.8 Å². The van der Waals surface area contributed by atoms with Gasteiger partial charge in [-0.1, -0.05) is 22.0 Å². The van der Waals surface area contributed by atoms with Crippen LogP contribution in [0.4, 0.5) is 0 Å². The maximum atomic E-state index is 12.2. The monoisotopic (exact) mass is 299 g/mol. The molecular weight excluding hydrogens is 286 g/mol. The van der Waals surface area contributed by atoms with Gasteiger partial charge in [0.25, 0.3) is 5.91 Å². The van der Waals surface area contributed by atoms with Gasteiger partial charge < -0.3 is 4.90 Å². The number of carbonyl (C=O) groups excluding carboxylic acids is 1. The fourth-order valence-corrected chi connectivity index (χ4v) is 3.49. The van der Waals surface area contributed by atoms with Crippen molar-refractivity contribution in [3.8, 4) is 0 Å². The van der Waals surface area contributed by atoms with E-state index in [1.165, 1.54) is 5.75 Å². The molecule has 1 heterocycles. The summed E-state index contributed by atoms with van der Waals surface area (Å²) in [5.74, 6) is 2.35. The lowest BCUT2D eigenvalue weighted by atomic mass is 10.1. The van der Waals surface area contributed by atoms with E-state index in [1.807, 2.05) is 48.0 Å². The molecule has 0 spiro atoms. The zero-order valence-electron chi connectivity index (χ0n) is 9.15. The van der Waals surface area contributed by atoms with Gasteiger partial charge in [-0.25, -0.2) is 0 Å². The van der Waals surface area contributed by atoms with E-state index < -0.39 is 0 Å². The van der Waals surface area contributed by atoms with Crippen LogP contribution in [0.25, 0.3) is 0 Å².